The van der Waals surface area contributed by atoms with E-state index in [0.29, 0.717) is 18.7 Å². The Hall–Kier alpha value is -2.49. The molecule has 1 N–H and O–H groups in total. The predicted octanol–water partition coefficient (Wildman–Crippen LogP) is 2.97. The first kappa shape index (κ1) is 14.9. The monoisotopic (exact) mass is 294 g/mol. The van der Waals surface area contributed by atoms with Gasteiger partial charge in [0.1, 0.15) is 5.82 Å². The zero-order valence-corrected chi connectivity index (χ0v) is 11.3. The van der Waals surface area contributed by atoms with E-state index in [1.807, 2.05) is 17.8 Å². The Morgan fingerprint density at radius 2 is 2.14 bits per heavy atom. The lowest BCUT2D eigenvalue weighted by molar-refractivity contribution is -0.137. The van der Waals surface area contributed by atoms with Gasteiger partial charge in [-0.15, -0.1) is 0 Å². The molecule has 110 valence electrons. The molecule has 1 heterocycles. The second-order valence-corrected chi connectivity index (χ2v) is 4.50. The molecule has 0 unspecified atom stereocenters. The van der Waals surface area contributed by atoms with E-state index in [4.69, 9.17) is 5.26 Å². The SMILES string of the molecule is Cn1ccnc1CCNc1ccc(C(F)(F)F)c(C#N)c1. The lowest BCUT2D eigenvalue weighted by Gasteiger charge is -2.11. The molecule has 1 aromatic carbocycles. The summed E-state index contributed by atoms with van der Waals surface area (Å²) in [4.78, 5) is 4.15. The fraction of sp³-hybridized carbons (Fsp3) is 0.286. The maximum atomic E-state index is 12.7. The van der Waals surface area contributed by atoms with Gasteiger partial charge in [-0.05, 0) is 18.2 Å². The van der Waals surface area contributed by atoms with Crippen molar-refractivity contribution in [1.29, 1.82) is 5.26 Å². The van der Waals surface area contributed by atoms with E-state index < -0.39 is 11.7 Å². The highest BCUT2D eigenvalue weighted by molar-refractivity contribution is 5.53. The van der Waals surface area contributed by atoms with Gasteiger partial charge in [0.2, 0.25) is 0 Å². The van der Waals surface area contributed by atoms with E-state index in [1.165, 1.54) is 12.1 Å². The molecule has 0 saturated carbocycles. The van der Waals surface area contributed by atoms with Crippen LogP contribution in [0, 0.1) is 11.3 Å². The molecular weight excluding hydrogens is 281 g/mol. The number of nitriles is 1. The number of alkyl halides is 3. The van der Waals surface area contributed by atoms with Gasteiger partial charge in [0, 0.05) is 38.1 Å². The second kappa shape index (κ2) is 5.87. The Kier molecular flexibility index (Phi) is 4.17. The number of aromatic nitrogens is 2. The van der Waals surface area contributed by atoms with Crippen molar-refractivity contribution < 1.29 is 13.2 Å². The van der Waals surface area contributed by atoms with Gasteiger partial charge in [-0.1, -0.05) is 0 Å². The maximum absolute atomic E-state index is 12.7. The minimum atomic E-state index is -4.52. The largest absolute Gasteiger partial charge is 0.417 e. The molecule has 2 rings (SSSR count). The second-order valence-electron chi connectivity index (χ2n) is 4.50. The molecule has 0 aliphatic rings. The van der Waals surface area contributed by atoms with Crippen LogP contribution >= 0.6 is 0 Å². The smallest absolute Gasteiger partial charge is 0.385 e. The summed E-state index contributed by atoms with van der Waals surface area (Å²) in [6, 6.07) is 5.03. The third kappa shape index (κ3) is 3.54. The quantitative estimate of drug-likeness (QED) is 0.943. The van der Waals surface area contributed by atoms with Crippen LogP contribution in [-0.4, -0.2) is 16.1 Å². The zero-order valence-electron chi connectivity index (χ0n) is 11.3. The van der Waals surface area contributed by atoms with Gasteiger partial charge in [0.05, 0.1) is 17.2 Å². The third-order valence-corrected chi connectivity index (χ3v) is 3.04. The van der Waals surface area contributed by atoms with Gasteiger partial charge >= 0.3 is 6.18 Å². The zero-order chi connectivity index (χ0) is 15.5. The van der Waals surface area contributed by atoms with Crippen molar-refractivity contribution in [2.75, 3.05) is 11.9 Å². The molecule has 0 spiro atoms. The lowest BCUT2D eigenvalue weighted by atomic mass is 10.1. The van der Waals surface area contributed by atoms with Crippen LogP contribution in [-0.2, 0) is 19.6 Å². The Morgan fingerprint density at radius 3 is 2.71 bits per heavy atom. The molecule has 1 aromatic heterocycles. The third-order valence-electron chi connectivity index (χ3n) is 3.04. The van der Waals surface area contributed by atoms with Crippen molar-refractivity contribution in [3.63, 3.8) is 0 Å². The van der Waals surface area contributed by atoms with E-state index in [-0.39, 0.29) is 5.56 Å². The molecule has 21 heavy (non-hydrogen) atoms. The predicted molar refractivity (Wildman–Crippen MR) is 71.6 cm³/mol. The fourth-order valence-electron chi connectivity index (χ4n) is 1.95. The average molecular weight is 294 g/mol. The van der Waals surface area contributed by atoms with Crippen molar-refractivity contribution in [3.8, 4) is 6.07 Å². The number of anilines is 1. The van der Waals surface area contributed by atoms with Gasteiger partial charge in [-0.25, -0.2) is 4.98 Å². The van der Waals surface area contributed by atoms with Gasteiger partial charge < -0.3 is 9.88 Å². The Labute approximate surface area is 119 Å². The number of nitrogens with zero attached hydrogens (tertiary/aromatic N) is 3. The summed E-state index contributed by atoms with van der Waals surface area (Å²) in [6.45, 7) is 0.515. The normalized spacial score (nSPS) is 11.2. The minimum Gasteiger partial charge on any atom is -0.385 e. The van der Waals surface area contributed by atoms with E-state index in [1.54, 1.807) is 12.3 Å². The molecule has 0 bridgehead atoms. The minimum absolute atomic E-state index is 0.385. The average Bonchev–Trinajstić information content (AvgIpc) is 2.83. The van der Waals surface area contributed by atoms with Crippen LogP contribution in [0.15, 0.2) is 30.6 Å². The first-order valence-corrected chi connectivity index (χ1v) is 6.23. The van der Waals surface area contributed by atoms with Crippen LogP contribution in [0.4, 0.5) is 18.9 Å². The Balaban J connectivity index is 2.05. The van der Waals surface area contributed by atoms with Crippen LogP contribution in [0.25, 0.3) is 0 Å². The molecule has 7 heteroatoms. The molecule has 0 amide bonds. The summed E-state index contributed by atoms with van der Waals surface area (Å²) in [7, 11) is 1.87. The number of halogens is 3. The van der Waals surface area contributed by atoms with Gasteiger partial charge in [-0.2, -0.15) is 18.4 Å². The fourth-order valence-corrected chi connectivity index (χ4v) is 1.95. The summed E-state index contributed by atoms with van der Waals surface area (Å²) in [5.74, 6) is 0.870. The summed E-state index contributed by atoms with van der Waals surface area (Å²) >= 11 is 0. The Bertz CT molecular complexity index is 668. The highest BCUT2D eigenvalue weighted by Gasteiger charge is 2.33. The number of benzene rings is 1. The number of hydrogen-bond acceptors (Lipinski definition) is 3. The summed E-state index contributed by atoms with van der Waals surface area (Å²) < 4.78 is 39.9. The number of imidazole rings is 1. The first-order valence-electron chi connectivity index (χ1n) is 6.23. The van der Waals surface area contributed by atoms with E-state index in [2.05, 4.69) is 10.3 Å². The van der Waals surface area contributed by atoms with Crippen LogP contribution in [0.2, 0.25) is 0 Å². The van der Waals surface area contributed by atoms with Crippen LogP contribution in [0.5, 0.6) is 0 Å². The molecule has 0 radical (unpaired) electrons. The summed E-state index contributed by atoms with van der Waals surface area (Å²) in [5, 5.41) is 11.8. The molecule has 0 atom stereocenters. The van der Waals surface area contributed by atoms with Gasteiger partial charge in [0.15, 0.2) is 0 Å². The standard InChI is InChI=1S/C14H13F3N4/c1-21-7-6-20-13(21)4-5-19-11-2-3-12(14(15,16)17)10(8-11)9-18/h2-3,6-8,19H,4-5H2,1H3. The van der Waals surface area contributed by atoms with Crippen molar-refractivity contribution >= 4 is 5.69 Å². The molecule has 0 fully saturated rings. The molecule has 0 aliphatic carbocycles. The van der Waals surface area contributed by atoms with E-state index >= 15 is 0 Å². The molecule has 4 nitrogen and oxygen atoms in total. The number of nitrogens with one attached hydrogen (secondary N) is 1. The van der Waals surface area contributed by atoms with Gasteiger partial charge in [-0.3, -0.25) is 0 Å². The topological polar surface area (TPSA) is 53.6 Å². The first-order chi connectivity index (χ1) is 9.91. The van der Waals surface area contributed by atoms with Crippen LogP contribution < -0.4 is 5.32 Å². The van der Waals surface area contributed by atoms with Crippen molar-refractivity contribution in [3.05, 3.63) is 47.5 Å². The van der Waals surface area contributed by atoms with Gasteiger partial charge in [0.25, 0.3) is 0 Å². The number of aryl methyl sites for hydroxylation is 1. The van der Waals surface area contributed by atoms with Crippen molar-refractivity contribution in [2.24, 2.45) is 7.05 Å². The molecular formula is C14H13F3N4. The lowest BCUT2D eigenvalue weighted by Crippen LogP contribution is -2.11. The van der Waals surface area contributed by atoms with Crippen molar-refractivity contribution in [1.82, 2.24) is 9.55 Å². The van der Waals surface area contributed by atoms with Crippen LogP contribution in [0.3, 0.4) is 0 Å². The molecule has 0 saturated heterocycles. The highest BCUT2D eigenvalue weighted by Crippen LogP contribution is 2.32. The Morgan fingerprint density at radius 1 is 1.38 bits per heavy atom. The summed E-state index contributed by atoms with van der Waals surface area (Å²) in [6.07, 6.45) is -0.383. The highest BCUT2D eigenvalue weighted by atomic mass is 19.4. The van der Waals surface area contributed by atoms with E-state index in [0.717, 1.165) is 11.9 Å². The summed E-state index contributed by atoms with van der Waals surface area (Å²) in [5.41, 5.74) is -0.821. The maximum Gasteiger partial charge on any atom is 0.417 e. The molecule has 2 aromatic rings. The molecule has 0 aliphatic heterocycles. The number of rotatable bonds is 4. The van der Waals surface area contributed by atoms with Crippen LogP contribution in [0.1, 0.15) is 17.0 Å². The van der Waals surface area contributed by atoms with Crippen molar-refractivity contribution in [2.45, 2.75) is 12.6 Å². The van der Waals surface area contributed by atoms with E-state index in [9.17, 15) is 13.2 Å². The number of hydrogen-bond donors (Lipinski definition) is 1.